The summed E-state index contributed by atoms with van der Waals surface area (Å²) in [5.41, 5.74) is 7.28. The van der Waals surface area contributed by atoms with Gasteiger partial charge >= 0.3 is 0 Å². The van der Waals surface area contributed by atoms with Crippen LogP contribution in [0.5, 0.6) is 5.88 Å². The Morgan fingerprint density at radius 1 is 1.53 bits per heavy atom. The number of pyridine rings is 1. The molecule has 0 radical (unpaired) electrons. The van der Waals surface area contributed by atoms with Gasteiger partial charge in [0, 0.05) is 17.3 Å². The van der Waals surface area contributed by atoms with Gasteiger partial charge in [0.15, 0.2) is 0 Å². The molecule has 0 saturated carbocycles. The molecule has 3 nitrogen and oxygen atoms in total. The molecule has 0 amide bonds. The minimum atomic E-state index is 0.377. The minimum Gasteiger partial charge on any atom is -0.477 e. The summed E-state index contributed by atoms with van der Waals surface area (Å²) in [6.07, 6.45) is 2.33. The molecule has 17 heavy (non-hydrogen) atoms. The molecule has 1 aromatic heterocycles. The van der Waals surface area contributed by atoms with Crippen LogP contribution in [0.2, 0.25) is 0 Å². The van der Waals surface area contributed by atoms with Crippen molar-refractivity contribution < 1.29 is 4.74 Å². The number of hydrogen-bond donors (Lipinski definition) is 1. The van der Waals surface area contributed by atoms with Gasteiger partial charge in [0.25, 0.3) is 0 Å². The quantitative estimate of drug-likeness (QED) is 0.791. The Balaban J connectivity index is 2.68. The fourth-order valence-electron chi connectivity index (χ4n) is 1.66. The van der Waals surface area contributed by atoms with Crippen LogP contribution in [0.25, 0.3) is 0 Å². The van der Waals surface area contributed by atoms with E-state index in [9.17, 15) is 0 Å². The van der Waals surface area contributed by atoms with Crippen LogP contribution in [-0.4, -0.2) is 16.6 Å². The molecule has 0 fully saturated rings. The van der Waals surface area contributed by atoms with E-state index in [0.717, 1.165) is 17.7 Å². The molecule has 1 unspecified atom stereocenters. The first kappa shape index (κ1) is 13.9. The maximum absolute atomic E-state index is 5.67. The lowest BCUT2D eigenvalue weighted by Crippen LogP contribution is -2.12. The van der Waals surface area contributed by atoms with Gasteiger partial charge in [-0.1, -0.05) is 32.5 Å². The van der Waals surface area contributed by atoms with Crippen molar-refractivity contribution in [3.63, 3.8) is 0 Å². The van der Waals surface area contributed by atoms with Crippen molar-refractivity contribution in [2.45, 2.75) is 33.6 Å². The molecule has 1 aromatic rings. The third kappa shape index (κ3) is 4.69. The Hall–Kier alpha value is -1.16. The van der Waals surface area contributed by atoms with Crippen LogP contribution < -0.4 is 10.5 Å². The molecule has 4 heteroatoms. The molecular weight excluding hydrogens is 232 g/mol. The number of nitrogens with zero attached hydrogens (tertiary/aromatic N) is 1. The van der Waals surface area contributed by atoms with E-state index in [1.807, 2.05) is 13.0 Å². The number of ether oxygens (including phenoxy) is 1. The smallest absolute Gasteiger partial charge is 0.214 e. The summed E-state index contributed by atoms with van der Waals surface area (Å²) < 4.78 is 5.67. The Morgan fingerprint density at radius 3 is 2.82 bits per heavy atom. The third-order valence-corrected chi connectivity index (χ3v) is 2.75. The molecule has 1 atom stereocenters. The zero-order chi connectivity index (χ0) is 12.8. The Bertz CT molecular complexity index is 393. The van der Waals surface area contributed by atoms with E-state index in [1.54, 1.807) is 6.07 Å². The van der Waals surface area contributed by atoms with E-state index in [1.165, 1.54) is 6.42 Å². The Morgan fingerprint density at radius 2 is 2.24 bits per heavy atom. The van der Waals surface area contributed by atoms with Crippen molar-refractivity contribution in [3.05, 3.63) is 23.4 Å². The molecule has 0 saturated heterocycles. The van der Waals surface area contributed by atoms with Crippen molar-refractivity contribution in [2.75, 3.05) is 6.61 Å². The first-order valence-corrected chi connectivity index (χ1v) is 6.35. The topological polar surface area (TPSA) is 48.1 Å². The maximum atomic E-state index is 5.67. The highest BCUT2D eigenvalue weighted by atomic mass is 32.1. The van der Waals surface area contributed by atoms with E-state index in [-0.39, 0.29) is 0 Å². The molecule has 1 rings (SSSR count). The first-order valence-electron chi connectivity index (χ1n) is 5.94. The second kappa shape index (κ2) is 6.55. The average molecular weight is 252 g/mol. The Labute approximate surface area is 108 Å². The second-order valence-electron chi connectivity index (χ2n) is 4.40. The summed E-state index contributed by atoms with van der Waals surface area (Å²) in [4.78, 5) is 4.69. The number of aromatic nitrogens is 1. The fourth-order valence-corrected chi connectivity index (χ4v) is 1.78. The molecule has 0 bridgehead atoms. The number of aryl methyl sites for hydroxylation is 1. The zero-order valence-electron chi connectivity index (χ0n) is 10.7. The highest BCUT2D eigenvalue weighted by Crippen LogP contribution is 2.14. The van der Waals surface area contributed by atoms with Gasteiger partial charge in [0.05, 0.1) is 6.61 Å². The number of nitrogens with two attached hydrogens (primary N) is 1. The summed E-state index contributed by atoms with van der Waals surface area (Å²) in [6, 6.07) is 3.67. The van der Waals surface area contributed by atoms with Gasteiger partial charge in [-0.25, -0.2) is 4.98 Å². The van der Waals surface area contributed by atoms with E-state index in [2.05, 4.69) is 18.8 Å². The SMILES string of the molecule is CCCC(C)COc1cc(C(N)=S)cc(C)n1. The van der Waals surface area contributed by atoms with Crippen LogP contribution in [0.3, 0.4) is 0 Å². The van der Waals surface area contributed by atoms with Gasteiger partial charge < -0.3 is 10.5 Å². The molecule has 1 heterocycles. The van der Waals surface area contributed by atoms with E-state index < -0.39 is 0 Å². The van der Waals surface area contributed by atoms with Crippen molar-refractivity contribution in [1.82, 2.24) is 4.98 Å². The average Bonchev–Trinajstić information content (AvgIpc) is 2.26. The van der Waals surface area contributed by atoms with Crippen LogP contribution in [0.1, 0.15) is 37.9 Å². The van der Waals surface area contributed by atoms with Crippen molar-refractivity contribution in [3.8, 4) is 5.88 Å². The van der Waals surface area contributed by atoms with Gasteiger partial charge in [-0.3, -0.25) is 0 Å². The van der Waals surface area contributed by atoms with Crippen molar-refractivity contribution in [2.24, 2.45) is 11.7 Å². The highest BCUT2D eigenvalue weighted by molar-refractivity contribution is 7.80. The van der Waals surface area contributed by atoms with Gasteiger partial charge in [0.1, 0.15) is 4.99 Å². The molecule has 2 N–H and O–H groups in total. The third-order valence-electron chi connectivity index (χ3n) is 2.51. The lowest BCUT2D eigenvalue weighted by Gasteiger charge is -2.12. The van der Waals surface area contributed by atoms with E-state index >= 15 is 0 Å². The first-order chi connectivity index (χ1) is 8.02. The van der Waals surface area contributed by atoms with Crippen LogP contribution in [0, 0.1) is 12.8 Å². The van der Waals surface area contributed by atoms with Gasteiger partial charge in [-0.05, 0) is 25.3 Å². The summed E-state index contributed by atoms with van der Waals surface area (Å²) in [5, 5.41) is 0. The monoisotopic (exact) mass is 252 g/mol. The second-order valence-corrected chi connectivity index (χ2v) is 4.84. The lowest BCUT2D eigenvalue weighted by atomic mass is 10.1. The van der Waals surface area contributed by atoms with Crippen molar-refractivity contribution in [1.29, 1.82) is 0 Å². The molecule has 0 aliphatic heterocycles. The Kier molecular flexibility index (Phi) is 5.35. The van der Waals surface area contributed by atoms with Crippen LogP contribution in [0.4, 0.5) is 0 Å². The van der Waals surface area contributed by atoms with Crippen molar-refractivity contribution >= 4 is 17.2 Å². The predicted octanol–water partition coefficient (Wildman–Crippen LogP) is 2.84. The molecule has 0 aliphatic carbocycles. The van der Waals surface area contributed by atoms with Gasteiger partial charge in [0.2, 0.25) is 5.88 Å². The molecule has 0 aliphatic rings. The minimum absolute atomic E-state index is 0.377. The number of thiocarbonyl (C=S) groups is 1. The molecular formula is C13H20N2OS. The lowest BCUT2D eigenvalue weighted by molar-refractivity contribution is 0.242. The van der Waals surface area contributed by atoms with E-state index in [4.69, 9.17) is 22.7 Å². The predicted molar refractivity (Wildman–Crippen MR) is 74.4 cm³/mol. The maximum Gasteiger partial charge on any atom is 0.214 e. The van der Waals surface area contributed by atoms with Crippen LogP contribution in [-0.2, 0) is 0 Å². The summed E-state index contributed by atoms with van der Waals surface area (Å²) in [7, 11) is 0. The normalized spacial score (nSPS) is 12.2. The largest absolute Gasteiger partial charge is 0.477 e. The van der Waals surface area contributed by atoms with Gasteiger partial charge in [-0.2, -0.15) is 0 Å². The molecule has 94 valence electrons. The summed E-state index contributed by atoms with van der Waals surface area (Å²) in [5.74, 6) is 1.14. The molecule has 0 spiro atoms. The summed E-state index contributed by atoms with van der Waals surface area (Å²) in [6.45, 7) is 6.94. The van der Waals surface area contributed by atoms with E-state index in [0.29, 0.717) is 23.4 Å². The number of rotatable bonds is 6. The fraction of sp³-hybridized carbons (Fsp3) is 0.538. The summed E-state index contributed by atoms with van der Waals surface area (Å²) >= 11 is 4.95. The molecule has 0 aromatic carbocycles. The highest BCUT2D eigenvalue weighted by Gasteiger charge is 2.06. The van der Waals surface area contributed by atoms with Gasteiger partial charge in [-0.15, -0.1) is 0 Å². The van der Waals surface area contributed by atoms with Crippen LogP contribution in [0.15, 0.2) is 12.1 Å². The number of hydrogen-bond acceptors (Lipinski definition) is 3. The zero-order valence-corrected chi connectivity index (χ0v) is 11.5. The van der Waals surface area contributed by atoms with Crippen LogP contribution >= 0.6 is 12.2 Å². The standard InChI is InChI=1S/C13H20N2OS/c1-4-5-9(2)8-16-12-7-11(13(14)17)6-10(3)15-12/h6-7,9H,4-5,8H2,1-3H3,(H2,14,17).